The number of aromatic nitrogens is 3. The van der Waals surface area contributed by atoms with Crippen LogP contribution in [-0.4, -0.2) is 32.6 Å². The fourth-order valence-corrected chi connectivity index (χ4v) is 4.64. The standard InChI is InChI=1S/C16H26N4OS/c1-11-2-4-12(5-3-11)16(21)18-13-6-8-14(9-7-13)22-15-10-17-20-19-15/h10-14H,2-9H2,1H3,(H,18,21)(H,17,19,20). The van der Waals surface area contributed by atoms with Crippen molar-refractivity contribution in [2.45, 2.75) is 74.6 Å². The first-order chi connectivity index (χ1) is 10.7. The highest BCUT2D eigenvalue weighted by atomic mass is 32.2. The molecule has 0 bridgehead atoms. The van der Waals surface area contributed by atoms with Crippen molar-refractivity contribution in [1.82, 2.24) is 20.7 Å². The molecule has 0 saturated heterocycles. The topological polar surface area (TPSA) is 70.7 Å². The number of thioether (sulfide) groups is 1. The van der Waals surface area contributed by atoms with Crippen LogP contribution in [0.3, 0.4) is 0 Å². The van der Waals surface area contributed by atoms with E-state index < -0.39 is 0 Å². The third-order valence-electron chi connectivity index (χ3n) is 5.09. The monoisotopic (exact) mass is 322 g/mol. The molecule has 2 saturated carbocycles. The zero-order valence-corrected chi connectivity index (χ0v) is 14.1. The van der Waals surface area contributed by atoms with Gasteiger partial charge >= 0.3 is 0 Å². The summed E-state index contributed by atoms with van der Waals surface area (Å²) in [7, 11) is 0. The van der Waals surface area contributed by atoms with Crippen LogP contribution in [0.15, 0.2) is 11.2 Å². The number of amides is 1. The minimum atomic E-state index is 0.262. The molecule has 0 radical (unpaired) electrons. The van der Waals surface area contributed by atoms with E-state index in [4.69, 9.17) is 0 Å². The number of nitrogens with one attached hydrogen (secondary N) is 2. The lowest BCUT2D eigenvalue weighted by atomic mass is 9.82. The maximum atomic E-state index is 12.4. The van der Waals surface area contributed by atoms with E-state index in [0.29, 0.717) is 17.2 Å². The fourth-order valence-electron chi connectivity index (χ4n) is 3.58. The second kappa shape index (κ2) is 7.49. The molecule has 3 rings (SSSR count). The number of nitrogens with zero attached hydrogens (tertiary/aromatic N) is 2. The molecule has 2 aliphatic carbocycles. The maximum Gasteiger partial charge on any atom is 0.223 e. The first kappa shape index (κ1) is 15.8. The normalized spacial score (nSPS) is 32.6. The minimum Gasteiger partial charge on any atom is -0.353 e. The van der Waals surface area contributed by atoms with Crippen molar-refractivity contribution in [2.75, 3.05) is 0 Å². The number of aromatic amines is 1. The Kier molecular flexibility index (Phi) is 5.39. The predicted molar refractivity (Wildman–Crippen MR) is 87.5 cm³/mol. The highest BCUT2D eigenvalue weighted by molar-refractivity contribution is 7.99. The number of H-pyrrole nitrogens is 1. The third kappa shape index (κ3) is 4.24. The molecule has 0 unspecified atom stereocenters. The molecule has 2 aliphatic rings. The second-order valence-corrected chi connectivity index (χ2v) is 8.19. The van der Waals surface area contributed by atoms with E-state index in [-0.39, 0.29) is 5.92 Å². The lowest BCUT2D eigenvalue weighted by molar-refractivity contribution is -0.127. The predicted octanol–water partition coefficient (Wildman–Crippen LogP) is 3.15. The Hall–Kier alpha value is -1.04. The van der Waals surface area contributed by atoms with Crippen molar-refractivity contribution < 1.29 is 4.79 Å². The average molecular weight is 322 g/mol. The molecule has 1 amide bonds. The van der Waals surface area contributed by atoms with E-state index >= 15 is 0 Å². The van der Waals surface area contributed by atoms with Gasteiger partial charge in [0.15, 0.2) is 0 Å². The van der Waals surface area contributed by atoms with Gasteiger partial charge in [0.1, 0.15) is 5.03 Å². The summed E-state index contributed by atoms with van der Waals surface area (Å²) in [5, 5.41) is 15.5. The number of rotatable bonds is 4. The Morgan fingerprint density at radius 3 is 2.55 bits per heavy atom. The number of carbonyl (C=O) groups excluding carboxylic acids is 1. The molecule has 6 heteroatoms. The molecule has 1 aromatic heterocycles. The largest absolute Gasteiger partial charge is 0.353 e. The SMILES string of the molecule is CC1CCC(C(=O)NC2CCC(Sc3cn[nH]n3)CC2)CC1. The zero-order chi connectivity index (χ0) is 15.4. The lowest BCUT2D eigenvalue weighted by Gasteiger charge is -2.31. The van der Waals surface area contributed by atoms with Crippen molar-refractivity contribution in [3.05, 3.63) is 6.20 Å². The van der Waals surface area contributed by atoms with Gasteiger partial charge in [0.25, 0.3) is 0 Å². The Morgan fingerprint density at radius 2 is 1.91 bits per heavy atom. The van der Waals surface area contributed by atoms with Crippen LogP contribution >= 0.6 is 11.8 Å². The van der Waals surface area contributed by atoms with Crippen molar-refractivity contribution in [2.24, 2.45) is 11.8 Å². The van der Waals surface area contributed by atoms with Crippen molar-refractivity contribution in [3.8, 4) is 0 Å². The number of hydrogen-bond donors (Lipinski definition) is 2. The molecule has 2 N–H and O–H groups in total. The summed E-state index contributed by atoms with van der Waals surface area (Å²) < 4.78 is 0. The Bertz CT molecular complexity index is 463. The molecule has 5 nitrogen and oxygen atoms in total. The molecule has 2 fully saturated rings. The highest BCUT2D eigenvalue weighted by Gasteiger charge is 2.28. The Labute approximate surface area is 136 Å². The Morgan fingerprint density at radius 1 is 1.18 bits per heavy atom. The van der Waals surface area contributed by atoms with E-state index in [9.17, 15) is 4.79 Å². The number of hydrogen-bond acceptors (Lipinski definition) is 4. The molecule has 0 spiro atoms. The summed E-state index contributed by atoms with van der Waals surface area (Å²) in [6.45, 7) is 2.29. The molecule has 1 aromatic rings. The van der Waals surface area contributed by atoms with E-state index in [1.165, 1.54) is 12.8 Å². The van der Waals surface area contributed by atoms with Gasteiger partial charge in [-0.15, -0.1) is 5.10 Å². The lowest BCUT2D eigenvalue weighted by Crippen LogP contribution is -2.42. The van der Waals surface area contributed by atoms with Crippen molar-refractivity contribution >= 4 is 17.7 Å². The van der Waals surface area contributed by atoms with Gasteiger partial charge in [-0.3, -0.25) is 4.79 Å². The molecular weight excluding hydrogens is 296 g/mol. The van der Waals surface area contributed by atoms with Crippen LogP contribution in [0.2, 0.25) is 0 Å². The molecule has 0 aliphatic heterocycles. The van der Waals surface area contributed by atoms with E-state index in [2.05, 4.69) is 27.7 Å². The first-order valence-electron chi connectivity index (χ1n) is 8.53. The molecule has 0 atom stereocenters. The smallest absolute Gasteiger partial charge is 0.223 e. The van der Waals surface area contributed by atoms with Gasteiger partial charge in [-0.1, -0.05) is 18.7 Å². The second-order valence-electron chi connectivity index (χ2n) is 6.87. The van der Waals surface area contributed by atoms with Crippen molar-refractivity contribution in [1.29, 1.82) is 0 Å². The maximum absolute atomic E-state index is 12.4. The van der Waals surface area contributed by atoms with Gasteiger partial charge in [0.05, 0.1) is 6.20 Å². The van der Waals surface area contributed by atoms with Gasteiger partial charge in [0, 0.05) is 17.2 Å². The minimum absolute atomic E-state index is 0.262. The molecule has 1 heterocycles. The zero-order valence-electron chi connectivity index (χ0n) is 13.3. The van der Waals surface area contributed by atoms with E-state index in [1.54, 1.807) is 18.0 Å². The van der Waals surface area contributed by atoms with Crippen LogP contribution in [0.25, 0.3) is 0 Å². The van der Waals surface area contributed by atoms with Crippen LogP contribution in [0.4, 0.5) is 0 Å². The highest BCUT2D eigenvalue weighted by Crippen LogP contribution is 2.33. The van der Waals surface area contributed by atoms with E-state index in [1.807, 2.05) is 0 Å². The van der Waals surface area contributed by atoms with Gasteiger partial charge in [-0.05, 0) is 57.3 Å². The first-order valence-corrected chi connectivity index (χ1v) is 9.41. The Balaban J connectivity index is 1.39. The van der Waals surface area contributed by atoms with Gasteiger partial charge in [0.2, 0.25) is 5.91 Å². The van der Waals surface area contributed by atoms with Crippen molar-refractivity contribution in [3.63, 3.8) is 0 Å². The summed E-state index contributed by atoms with van der Waals surface area (Å²) in [6.07, 6.45) is 10.8. The van der Waals surface area contributed by atoms with E-state index in [0.717, 1.165) is 49.5 Å². The molecule has 0 aromatic carbocycles. The summed E-state index contributed by atoms with van der Waals surface area (Å²) in [5.74, 6) is 1.37. The molecular formula is C16H26N4OS. The number of carbonyl (C=O) groups is 1. The van der Waals surface area contributed by atoms with Crippen LogP contribution < -0.4 is 5.32 Å². The fraction of sp³-hybridized carbons (Fsp3) is 0.812. The van der Waals surface area contributed by atoms with Crippen LogP contribution in [0.1, 0.15) is 58.3 Å². The molecule has 122 valence electrons. The average Bonchev–Trinajstić information content (AvgIpc) is 3.03. The third-order valence-corrected chi connectivity index (χ3v) is 6.33. The van der Waals surface area contributed by atoms with Gasteiger partial charge < -0.3 is 5.32 Å². The van der Waals surface area contributed by atoms with Crippen LogP contribution in [0.5, 0.6) is 0 Å². The summed E-state index contributed by atoms with van der Waals surface area (Å²) >= 11 is 1.80. The molecule has 22 heavy (non-hydrogen) atoms. The van der Waals surface area contributed by atoms with Gasteiger partial charge in [-0.25, -0.2) is 0 Å². The summed E-state index contributed by atoms with van der Waals surface area (Å²) in [6, 6.07) is 0.376. The van der Waals surface area contributed by atoms with Crippen LogP contribution in [0, 0.1) is 11.8 Å². The van der Waals surface area contributed by atoms with Crippen LogP contribution in [-0.2, 0) is 4.79 Å². The summed E-state index contributed by atoms with van der Waals surface area (Å²) in [5.41, 5.74) is 0. The summed E-state index contributed by atoms with van der Waals surface area (Å²) in [4.78, 5) is 12.4. The quantitative estimate of drug-likeness (QED) is 0.893. The van der Waals surface area contributed by atoms with Gasteiger partial charge in [-0.2, -0.15) is 10.3 Å².